The number of aromatic nitrogens is 2. The van der Waals surface area contributed by atoms with Crippen molar-refractivity contribution in [2.24, 2.45) is 0 Å². The number of rotatable bonds is 2. The van der Waals surface area contributed by atoms with Crippen LogP contribution in [0.25, 0.3) is 0 Å². The summed E-state index contributed by atoms with van der Waals surface area (Å²) in [6.07, 6.45) is 3.41. The predicted octanol–water partition coefficient (Wildman–Crippen LogP) is 1.64. The molecule has 1 rings (SSSR count). The lowest BCUT2D eigenvalue weighted by atomic mass is 10.1. The van der Waals surface area contributed by atoms with Crippen molar-refractivity contribution < 1.29 is 0 Å². The summed E-state index contributed by atoms with van der Waals surface area (Å²) in [5, 5.41) is 3.00. The number of nitrogens with one attached hydrogen (secondary N) is 1. The molecule has 1 aromatic heterocycles. The molecule has 3 heteroatoms. The molecule has 0 fully saturated rings. The largest absolute Gasteiger partial charge is 0.372 e. The summed E-state index contributed by atoms with van der Waals surface area (Å²) in [5.41, 5.74) is 1.02. The minimum Gasteiger partial charge on any atom is -0.372 e. The highest BCUT2D eigenvalue weighted by atomic mass is 15.0. The van der Waals surface area contributed by atoms with Crippen molar-refractivity contribution in [3.63, 3.8) is 0 Å². The smallest absolute Gasteiger partial charge is 0.147 e. The van der Waals surface area contributed by atoms with E-state index in [1.165, 1.54) is 0 Å². The molecule has 0 saturated heterocycles. The predicted molar refractivity (Wildman–Crippen MR) is 45.7 cm³/mol. The van der Waals surface area contributed by atoms with Crippen LogP contribution in [0.3, 0.4) is 0 Å². The molecule has 0 bridgehead atoms. The van der Waals surface area contributed by atoms with Gasteiger partial charge < -0.3 is 5.32 Å². The normalized spacial score (nSPS) is 10.2. The third-order valence-corrected chi connectivity index (χ3v) is 1.51. The number of hydrogen-bond donors (Lipinski definition) is 1. The van der Waals surface area contributed by atoms with Crippen LogP contribution in [0.1, 0.15) is 25.5 Å². The molecule has 0 atom stereocenters. The first-order chi connectivity index (χ1) is 5.25. The molecule has 11 heavy (non-hydrogen) atoms. The number of nitrogens with zero attached hydrogens (tertiary/aromatic N) is 2. The Morgan fingerprint density at radius 2 is 1.91 bits per heavy atom. The van der Waals surface area contributed by atoms with Crippen LogP contribution in [-0.2, 0) is 0 Å². The second-order valence-electron chi connectivity index (χ2n) is 2.69. The fourth-order valence-corrected chi connectivity index (χ4v) is 0.964. The molecular formula is C8H13N3. The lowest BCUT2D eigenvalue weighted by molar-refractivity contribution is 0.815. The molecule has 1 aromatic rings. The van der Waals surface area contributed by atoms with Crippen molar-refractivity contribution in [1.82, 2.24) is 9.97 Å². The van der Waals surface area contributed by atoms with Gasteiger partial charge in [0, 0.05) is 19.4 Å². The zero-order chi connectivity index (χ0) is 8.27. The number of anilines is 1. The fraction of sp³-hybridized carbons (Fsp3) is 0.500. The van der Waals surface area contributed by atoms with Crippen LogP contribution in [0.4, 0.5) is 5.82 Å². The third kappa shape index (κ3) is 1.67. The standard InChI is InChI=1S/C8H13N3/c1-6(2)7-8(9-3)11-5-4-10-7/h4-6H,1-3H3,(H,9,11). The lowest BCUT2D eigenvalue weighted by Crippen LogP contribution is -2.01. The summed E-state index contributed by atoms with van der Waals surface area (Å²) in [5.74, 6) is 1.30. The quantitative estimate of drug-likeness (QED) is 0.698. The Hall–Kier alpha value is -1.12. The van der Waals surface area contributed by atoms with Gasteiger partial charge in [0.2, 0.25) is 0 Å². The average Bonchev–Trinajstić information content (AvgIpc) is 2.04. The highest BCUT2D eigenvalue weighted by Crippen LogP contribution is 2.17. The summed E-state index contributed by atoms with van der Waals surface area (Å²) < 4.78 is 0. The second-order valence-corrected chi connectivity index (χ2v) is 2.69. The topological polar surface area (TPSA) is 37.8 Å². The van der Waals surface area contributed by atoms with Gasteiger partial charge >= 0.3 is 0 Å². The van der Waals surface area contributed by atoms with Gasteiger partial charge in [0.1, 0.15) is 5.82 Å². The molecule has 0 amide bonds. The fourth-order valence-electron chi connectivity index (χ4n) is 0.964. The summed E-state index contributed by atoms with van der Waals surface area (Å²) in [4.78, 5) is 8.37. The third-order valence-electron chi connectivity index (χ3n) is 1.51. The van der Waals surface area contributed by atoms with Crippen LogP contribution in [0.15, 0.2) is 12.4 Å². The highest BCUT2D eigenvalue weighted by Gasteiger charge is 2.05. The van der Waals surface area contributed by atoms with Crippen LogP contribution in [0, 0.1) is 0 Å². The Bertz CT molecular complexity index is 233. The molecule has 0 unspecified atom stereocenters. The summed E-state index contributed by atoms with van der Waals surface area (Å²) >= 11 is 0. The average molecular weight is 151 g/mol. The zero-order valence-corrected chi connectivity index (χ0v) is 7.13. The van der Waals surface area contributed by atoms with E-state index in [-0.39, 0.29) is 0 Å². The Labute approximate surface area is 66.9 Å². The van der Waals surface area contributed by atoms with E-state index in [2.05, 4.69) is 29.1 Å². The molecule has 1 N–H and O–H groups in total. The molecule has 0 saturated carbocycles. The molecule has 0 aromatic carbocycles. The monoisotopic (exact) mass is 151 g/mol. The van der Waals surface area contributed by atoms with Gasteiger partial charge in [-0.15, -0.1) is 0 Å². The SMILES string of the molecule is CNc1nccnc1C(C)C. The number of hydrogen-bond acceptors (Lipinski definition) is 3. The van der Waals surface area contributed by atoms with Gasteiger partial charge in [0.15, 0.2) is 0 Å². The van der Waals surface area contributed by atoms with E-state index in [1.807, 2.05) is 7.05 Å². The zero-order valence-electron chi connectivity index (χ0n) is 7.13. The van der Waals surface area contributed by atoms with Crippen molar-refractivity contribution in [2.45, 2.75) is 19.8 Å². The van der Waals surface area contributed by atoms with Crippen LogP contribution in [-0.4, -0.2) is 17.0 Å². The van der Waals surface area contributed by atoms with Crippen molar-refractivity contribution in [3.8, 4) is 0 Å². The highest BCUT2D eigenvalue weighted by molar-refractivity contribution is 5.39. The van der Waals surface area contributed by atoms with Gasteiger partial charge in [0.05, 0.1) is 5.69 Å². The van der Waals surface area contributed by atoms with Crippen molar-refractivity contribution in [2.75, 3.05) is 12.4 Å². The molecule has 0 aliphatic heterocycles. The Balaban J connectivity index is 3.02. The summed E-state index contributed by atoms with van der Waals surface area (Å²) in [6.45, 7) is 4.20. The maximum absolute atomic E-state index is 4.22. The molecule has 3 nitrogen and oxygen atoms in total. The van der Waals surface area contributed by atoms with Gasteiger partial charge in [-0.3, -0.25) is 4.98 Å². The van der Waals surface area contributed by atoms with E-state index < -0.39 is 0 Å². The second kappa shape index (κ2) is 3.32. The van der Waals surface area contributed by atoms with Crippen molar-refractivity contribution in [3.05, 3.63) is 18.1 Å². The molecule has 0 spiro atoms. The minimum absolute atomic E-state index is 0.422. The van der Waals surface area contributed by atoms with Gasteiger partial charge in [-0.1, -0.05) is 13.8 Å². The van der Waals surface area contributed by atoms with Gasteiger partial charge in [-0.25, -0.2) is 4.98 Å². The lowest BCUT2D eigenvalue weighted by Gasteiger charge is -2.08. The van der Waals surface area contributed by atoms with Gasteiger partial charge in [-0.2, -0.15) is 0 Å². The van der Waals surface area contributed by atoms with E-state index in [0.29, 0.717) is 5.92 Å². The maximum atomic E-state index is 4.22. The molecule has 0 radical (unpaired) electrons. The Morgan fingerprint density at radius 1 is 1.27 bits per heavy atom. The van der Waals surface area contributed by atoms with E-state index in [4.69, 9.17) is 0 Å². The summed E-state index contributed by atoms with van der Waals surface area (Å²) in [7, 11) is 1.86. The Kier molecular flexibility index (Phi) is 2.41. The first kappa shape index (κ1) is 7.98. The molecule has 0 aliphatic carbocycles. The van der Waals surface area contributed by atoms with E-state index in [0.717, 1.165) is 11.5 Å². The van der Waals surface area contributed by atoms with Crippen LogP contribution < -0.4 is 5.32 Å². The molecule has 0 aliphatic rings. The van der Waals surface area contributed by atoms with Crippen molar-refractivity contribution >= 4 is 5.82 Å². The minimum atomic E-state index is 0.422. The van der Waals surface area contributed by atoms with Crippen molar-refractivity contribution in [1.29, 1.82) is 0 Å². The van der Waals surface area contributed by atoms with Crippen LogP contribution in [0.5, 0.6) is 0 Å². The first-order valence-electron chi connectivity index (χ1n) is 3.74. The molecule has 60 valence electrons. The van der Waals surface area contributed by atoms with E-state index >= 15 is 0 Å². The van der Waals surface area contributed by atoms with Gasteiger partial charge in [0.25, 0.3) is 0 Å². The maximum Gasteiger partial charge on any atom is 0.147 e. The summed E-state index contributed by atoms with van der Waals surface area (Å²) in [6, 6.07) is 0. The van der Waals surface area contributed by atoms with E-state index in [1.54, 1.807) is 12.4 Å². The van der Waals surface area contributed by atoms with Gasteiger partial charge in [-0.05, 0) is 5.92 Å². The van der Waals surface area contributed by atoms with E-state index in [9.17, 15) is 0 Å². The molecular weight excluding hydrogens is 138 g/mol. The first-order valence-corrected chi connectivity index (χ1v) is 3.74. The van der Waals surface area contributed by atoms with Crippen LogP contribution >= 0.6 is 0 Å². The van der Waals surface area contributed by atoms with Crippen LogP contribution in [0.2, 0.25) is 0 Å². The Morgan fingerprint density at radius 3 is 2.36 bits per heavy atom. The molecule has 1 heterocycles.